The number of fused-ring (bicyclic) bond motifs is 10. The van der Waals surface area contributed by atoms with E-state index in [1.165, 1.54) is 94.9 Å². The molecule has 0 bridgehead atoms. The molecule has 0 fully saturated rings. The van der Waals surface area contributed by atoms with E-state index < -0.39 is 0 Å². The van der Waals surface area contributed by atoms with Gasteiger partial charge < -0.3 is 0 Å². The first-order valence-electron chi connectivity index (χ1n) is 16.6. The fourth-order valence-electron chi connectivity index (χ4n) is 7.78. The summed E-state index contributed by atoms with van der Waals surface area (Å²) in [7, 11) is 0. The molecular weight excluding hydrogens is 617 g/mol. The molecule has 2 aromatic heterocycles. The average Bonchev–Trinajstić information content (AvgIpc) is 3.69. The fourth-order valence-corrected chi connectivity index (χ4v) is 10.0. The Balaban J connectivity index is 1.24. The number of benzene rings is 7. The fraction of sp³-hybridized carbons (Fsp3) is 0.0435. The van der Waals surface area contributed by atoms with Crippen molar-refractivity contribution in [2.75, 3.05) is 0 Å². The largest absolute Gasteiger partial charge is 0.135 e. The summed E-state index contributed by atoms with van der Waals surface area (Å²) < 4.78 is 5.39. The second-order valence-electron chi connectivity index (χ2n) is 12.7. The summed E-state index contributed by atoms with van der Waals surface area (Å²) in [6.07, 6.45) is 17.4. The van der Waals surface area contributed by atoms with Crippen LogP contribution >= 0.6 is 22.7 Å². The highest BCUT2D eigenvalue weighted by Crippen LogP contribution is 2.46. The molecule has 0 atom stereocenters. The minimum absolute atomic E-state index is 0.884. The molecule has 0 amide bonds. The summed E-state index contributed by atoms with van der Waals surface area (Å²) in [5.74, 6) is 0. The first-order valence-corrected chi connectivity index (χ1v) is 18.3. The average molecular weight is 647 g/mol. The normalized spacial score (nSPS) is 15.7. The Hall–Kier alpha value is -5.28. The van der Waals surface area contributed by atoms with Gasteiger partial charge in [-0.3, -0.25) is 0 Å². The molecule has 0 aliphatic heterocycles. The zero-order chi connectivity index (χ0) is 31.6. The van der Waals surface area contributed by atoms with E-state index in [0.29, 0.717) is 0 Å². The maximum atomic E-state index is 2.47. The van der Waals surface area contributed by atoms with Crippen LogP contribution in [0.25, 0.3) is 89.4 Å². The second-order valence-corrected chi connectivity index (χ2v) is 14.8. The Morgan fingerprint density at radius 2 is 1.04 bits per heavy atom. The van der Waals surface area contributed by atoms with Gasteiger partial charge in [0.1, 0.15) is 0 Å². The lowest BCUT2D eigenvalue weighted by atomic mass is 9.84. The van der Waals surface area contributed by atoms with Crippen molar-refractivity contribution < 1.29 is 0 Å². The van der Waals surface area contributed by atoms with Gasteiger partial charge in [0.05, 0.1) is 0 Å². The van der Waals surface area contributed by atoms with Crippen LogP contribution in [0.1, 0.15) is 18.4 Å². The molecule has 7 aromatic carbocycles. The molecule has 48 heavy (non-hydrogen) atoms. The lowest BCUT2D eigenvalue weighted by Gasteiger charge is -2.19. The minimum Gasteiger partial charge on any atom is -0.135 e. The Bertz CT molecular complexity index is 2830. The van der Waals surface area contributed by atoms with Crippen molar-refractivity contribution in [1.29, 1.82) is 0 Å². The van der Waals surface area contributed by atoms with E-state index in [1.807, 2.05) is 22.7 Å². The van der Waals surface area contributed by atoms with E-state index in [9.17, 15) is 0 Å². The molecule has 1 aliphatic carbocycles. The van der Waals surface area contributed by atoms with Crippen LogP contribution in [0.4, 0.5) is 0 Å². The molecule has 0 spiro atoms. The van der Waals surface area contributed by atoms with Crippen LogP contribution in [0.5, 0.6) is 0 Å². The second kappa shape index (κ2) is 11.2. The third-order valence-electron chi connectivity index (χ3n) is 9.92. The van der Waals surface area contributed by atoms with Crippen LogP contribution in [-0.4, -0.2) is 0 Å². The van der Waals surface area contributed by atoms with Crippen LogP contribution in [0.15, 0.2) is 158 Å². The molecule has 226 valence electrons. The Morgan fingerprint density at radius 1 is 0.417 bits per heavy atom. The standard InChI is InChI=1S/C46H30S2/c1-2-4-6-14-29(15-7-5-3-1)44-32-16-8-10-18-34(32)45(35-19-11-9-17-33(35)44)31-23-24-41-38(26-31)39-28-37-30(27-43(39)48-41)22-25-42-46(37)36-20-12-13-21-40(36)47-42/h1-2,4-13,15-28H,3,14H2/b2-1?,6-4?,7-5-,29-15+. The van der Waals surface area contributed by atoms with Gasteiger partial charge in [-0.2, -0.15) is 0 Å². The van der Waals surface area contributed by atoms with Gasteiger partial charge in [-0.05, 0) is 104 Å². The predicted molar refractivity (Wildman–Crippen MR) is 215 cm³/mol. The molecule has 0 nitrogen and oxygen atoms in total. The lowest BCUT2D eigenvalue weighted by Crippen LogP contribution is -1.94. The van der Waals surface area contributed by atoms with Gasteiger partial charge in [-0.15, -0.1) is 22.7 Å². The van der Waals surface area contributed by atoms with Gasteiger partial charge >= 0.3 is 0 Å². The molecule has 0 radical (unpaired) electrons. The van der Waals surface area contributed by atoms with Gasteiger partial charge in [-0.25, -0.2) is 0 Å². The maximum Gasteiger partial charge on any atom is 0.0361 e. The monoisotopic (exact) mass is 646 g/mol. The van der Waals surface area contributed by atoms with Crippen molar-refractivity contribution in [3.8, 4) is 11.1 Å². The summed E-state index contributed by atoms with van der Waals surface area (Å²) in [5.41, 5.74) is 5.26. The van der Waals surface area contributed by atoms with Gasteiger partial charge in [0.25, 0.3) is 0 Å². The molecule has 1 aliphatic rings. The molecule has 9 aromatic rings. The Labute approximate surface area is 286 Å². The van der Waals surface area contributed by atoms with Crippen molar-refractivity contribution in [2.45, 2.75) is 12.8 Å². The third-order valence-corrected chi connectivity index (χ3v) is 12.2. The van der Waals surface area contributed by atoms with E-state index >= 15 is 0 Å². The summed E-state index contributed by atoms with van der Waals surface area (Å²) in [6, 6.07) is 43.5. The number of rotatable bonds is 2. The van der Waals surface area contributed by atoms with Crippen molar-refractivity contribution in [3.05, 3.63) is 163 Å². The van der Waals surface area contributed by atoms with Crippen molar-refractivity contribution >= 4 is 101 Å². The first-order chi connectivity index (χ1) is 23.8. The van der Waals surface area contributed by atoms with E-state index in [2.05, 4.69) is 158 Å². The van der Waals surface area contributed by atoms with Gasteiger partial charge in [0, 0.05) is 40.3 Å². The smallest absolute Gasteiger partial charge is 0.0361 e. The molecule has 0 N–H and O–H groups in total. The van der Waals surface area contributed by atoms with Gasteiger partial charge in [0.2, 0.25) is 0 Å². The quantitative estimate of drug-likeness (QED) is 0.164. The molecular formula is C46H30S2. The topological polar surface area (TPSA) is 0 Å². The number of thiophene rings is 2. The van der Waals surface area contributed by atoms with E-state index in [0.717, 1.165) is 12.8 Å². The van der Waals surface area contributed by atoms with E-state index in [-0.39, 0.29) is 0 Å². The van der Waals surface area contributed by atoms with Gasteiger partial charge in [-0.1, -0.05) is 121 Å². The van der Waals surface area contributed by atoms with Crippen LogP contribution in [-0.2, 0) is 0 Å². The molecule has 10 rings (SSSR count). The van der Waals surface area contributed by atoms with Gasteiger partial charge in [0.15, 0.2) is 0 Å². The van der Waals surface area contributed by atoms with Crippen LogP contribution in [0.2, 0.25) is 0 Å². The van der Waals surface area contributed by atoms with E-state index in [4.69, 9.17) is 0 Å². The summed E-state index contributed by atoms with van der Waals surface area (Å²) in [4.78, 5) is 0. The zero-order valence-corrected chi connectivity index (χ0v) is 27.9. The minimum atomic E-state index is 0.884. The first kappa shape index (κ1) is 27.8. The highest BCUT2D eigenvalue weighted by molar-refractivity contribution is 7.26. The number of hydrogen-bond acceptors (Lipinski definition) is 2. The molecule has 0 unspecified atom stereocenters. The van der Waals surface area contributed by atoms with Crippen LogP contribution in [0, 0.1) is 0 Å². The highest BCUT2D eigenvalue weighted by Gasteiger charge is 2.19. The zero-order valence-electron chi connectivity index (χ0n) is 26.2. The molecule has 0 saturated carbocycles. The molecule has 2 heteroatoms. The summed E-state index contributed by atoms with van der Waals surface area (Å²) in [5, 5.41) is 13.3. The molecule has 0 saturated heterocycles. The van der Waals surface area contributed by atoms with Crippen LogP contribution < -0.4 is 0 Å². The highest BCUT2D eigenvalue weighted by atomic mass is 32.1. The summed E-state index contributed by atoms with van der Waals surface area (Å²) >= 11 is 3.80. The van der Waals surface area contributed by atoms with Crippen molar-refractivity contribution in [2.24, 2.45) is 0 Å². The van der Waals surface area contributed by atoms with Crippen molar-refractivity contribution in [1.82, 2.24) is 0 Å². The lowest BCUT2D eigenvalue weighted by molar-refractivity contribution is 1.36. The number of hydrogen-bond donors (Lipinski definition) is 0. The predicted octanol–water partition coefficient (Wildman–Crippen LogP) is 14.4. The SMILES string of the molecule is C1=CC/C=C\C=C(\c2c3ccccc3c(-c3ccc4sc5cc6ccc7sc8ccccc8c7c6cc5c4c3)c3ccccc23)CC=C1. The Kier molecular flexibility index (Phi) is 6.46. The van der Waals surface area contributed by atoms with Crippen molar-refractivity contribution in [3.63, 3.8) is 0 Å². The Morgan fingerprint density at radius 3 is 1.85 bits per heavy atom. The van der Waals surface area contributed by atoms with Crippen LogP contribution in [0.3, 0.4) is 0 Å². The van der Waals surface area contributed by atoms with E-state index in [1.54, 1.807) is 0 Å². The maximum absolute atomic E-state index is 2.47. The molecule has 2 heterocycles. The number of allylic oxidation sites excluding steroid dienone is 8. The summed E-state index contributed by atoms with van der Waals surface area (Å²) in [6.45, 7) is 0. The third kappa shape index (κ3) is 4.34.